The molecule has 4 rings (SSSR count). The van der Waals surface area contributed by atoms with Crippen LogP contribution < -0.4 is 5.32 Å². The Bertz CT molecular complexity index is 938. The van der Waals surface area contributed by atoms with E-state index in [2.05, 4.69) is 31.5 Å². The molecule has 1 aromatic carbocycles. The second-order valence-electron chi connectivity index (χ2n) is 6.74. The monoisotopic (exact) mass is 416 g/mol. The van der Waals surface area contributed by atoms with Crippen molar-refractivity contribution in [3.05, 3.63) is 63.9 Å². The molecule has 1 aliphatic carbocycles. The van der Waals surface area contributed by atoms with E-state index >= 15 is 0 Å². The van der Waals surface area contributed by atoms with E-state index in [9.17, 15) is 9.18 Å². The van der Waals surface area contributed by atoms with Gasteiger partial charge in [0, 0.05) is 23.9 Å². The fourth-order valence-electron chi connectivity index (χ4n) is 3.01. The molecule has 1 fully saturated rings. The zero-order valence-electron chi connectivity index (χ0n) is 15.3. The minimum atomic E-state index is -0.234. The van der Waals surface area contributed by atoms with E-state index in [-0.39, 0.29) is 17.5 Å². The van der Waals surface area contributed by atoms with Crippen molar-refractivity contribution in [1.82, 2.24) is 20.1 Å². The number of rotatable bonds is 9. The van der Waals surface area contributed by atoms with Crippen molar-refractivity contribution in [3.63, 3.8) is 0 Å². The zero-order valence-corrected chi connectivity index (χ0v) is 16.9. The molecule has 0 aliphatic heterocycles. The van der Waals surface area contributed by atoms with Crippen LogP contribution in [0.5, 0.6) is 0 Å². The van der Waals surface area contributed by atoms with Crippen LogP contribution in [0.25, 0.3) is 0 Å². The molecule has 0 bridgehead atoms. The first-order valence-corrected chi connectivity index (χ1v) is 11.2. The molecule has 0 unspecified atom stereocenters. The third kappa shape index (κ3) is 4.80. The van der Waals surface area contributed by atoms with Crippen LogP contribution in [0.15, 0.2) is 46.9 Å². The third-order valence-corrected chi connectivity index (χ3v) is 6.39. The molecule has 1 aliphatic rings. The topological polar surface area (TPSA) is 59.8 Å². The first kappa shape index (κ1) is 19.1. The third-order valence-electron chi connectivity index (χ3n) is 4.57. The summed E-state index contributed by atoms with van der Waals surface area (Å²) in [4.78, 5) is 13.4. The average Bonchev–Trinajstić information content (AvgIpc) is 3.24. The van der Waals surface area contributed by atoms with Gasteiger partial charge in [0.1, 0.15) is 11.6 Å². The van der Waals surface area contributed by atoms with Gasteiger partial charge in [-0.3, -0.25) is 4.79 Å². The highest BCUT2D eigenvalue weighted by molar-refractivity contribution is 7.99. The van der Waals surface area contributed by atoms with Gasteiger partial charge in [-0.1, -0.05) is 36.0 Å². The van der Waals surface area contributed by atoms with Crippen molar-refractivity contribution in [2.45, 2.75) is 36.9 Å². The van der Waals surface area contributed by atoms with E-state index in [1.807, 2.05) is 6.07 Å². The Kier molecular flexibility index (Phi) is 6.07. The van der Waals surface area contributed by atoms with E-state index in [1.165, 1.54) is 22.7 Å². The van der Waals surface area contributed by atoms with Crippen LogP contribution in [0.4, 0.5) is 4.39 Å². The molecule has 146 valence electrons. The van der Waals surface area contributed by atoms with Crippen LogP contribution >= 0.6 is 23.1 Å². The molecule has 3 aromatic rings. The lowest BCUT2D eigenvalue weighted by molar-refractivity contribution is -0.118. The number of carbonyl (C=O) groups excluding carboxylic acids is 1. The number of hydrogen-bond donors (Lipinski definition) is 1. The fourth-order valence-corrected chi connectivity index (χ4v) is 4.57. The van der Waals surface area contributed by atoms with Crippen LogP contribution in [0.3, 0.4) is 0 Å². The van der Waals surface area contributed by atoms with Crippen LogP contribution in [0.2, 0.25) is 0 Å². The Morgan fingerprint density at radius 1 is 1.25 bits per heavy atom. The number of benzene rings is 1. The molecule has 2 heterocycles. The van der Waals surface area contributed by atoms with Gasteiger partial charge < -0.3 is 9.88 Å². The Hall–Kier alpha value is -2.19. The number of aromatic nitrogens is 3. The Morgan fingerprint density at radius 2 is 2.11 bits per heavy atom. The second kappa shape index (κ2) is 8.87. The highest BCUT2D eigenvalue weighted by Crippen LogP contribution is 2.39. The van der Waals surface area contributed by atoms with Crippen molar-refractivity contribution in [2.24, 2.45) is 0 Å². The van der Waals surface area contributed by atoms with E-state index in [4.69, 9.17) is 0 Å². The molecule has 0 spiro atoms. The smallest absolute Gasteiger partial charge is 0.230 e. The molecule has 0 saturated heterocycles. The number of thiophene rings is 1. The highest BCUT2D eigenvalue weighted by atomic mass is 32.2. The van der Waals surface area contributed by atoms with E-state index < -0.39 is 0 Å². The number of nitrogens with zero attached hydrogens (tertiary/aromatic N) is 3. The van der Waals surface area contributed by atoms with Gasteiger partial charge in [0.2, 0.25) is 5.91 Å². The summed E-state index contributed by atoms with van der Waals surface area (Å²) in [7, 11) is 0. The van der Waals surface area contributed by atoms with Crippen LogP contribution in [0.1, 0.15) is 35.1 Å². The summed E-state index contributed by atoms with van der Waals surface area (Å²) >= 11 is 3.13. The summed E-state index contributed by atoms with van der Waals surface area (Å²) in [5.41, 5.74) is 0.613. The second-order valence-corrected chi connectivity index (χ2v) is 8.71. The average molecular weight is 417 g/mol. The van der Waals surface area contributed by atoms with Gasteiger partial charge in [-0.2, -0.15) is 0 Å². The molecule has 1 amide bonds. The molecule has 8 heteroatoms. The maximum atomic E-state index is 13.6. The number of carbonyl (C=O) groups is 1. The van der Waals surface area contributed by atoms with Crippen molar-refractivity contribution in [3.8, 4) is 0 Å². The van der Waals surface area contributed by atoms with Gasteiger partial charge in [0.15, 0.2) is 5.16 Å². The van der Waals surface area contributed by atoms with Gasteiger partial charge in [0.05, 0.1) is 5.75 Å². The Balaban J connectivity index is 1.30. The molecule has 5 nitrogen and oxygen atoms in total. The summed E-state index contributed by atoms with van der Waals surface area (Å²) < 4.78 is 15.8. The SMILES string of the molecule is O=C(CSc1nnc(Cc2cccs2)n1C1CC1)NCCc1ccccc1F. The molecule has 28 heavy (non-hydrogen) atoms. The first-order chi connectivity index (χ1) is 13.7. The number of amides is 1. The fraction of sp³-hybridized carbons (Fsp3) is 0.350. The number of halogens is 1. The van der Waals surface area contributed by atoms with Crippen molar-refractivity contribution in [1.29, 1.82) is 0 Å². The number of nitrogens with one attached hydrogen (secondary N) is 1. The van der Waals surface area contributed by atoms with Gasteiger partial charge >= 0.3 is 0 Å². The van der Waals surface area contributed by atoms with E-state index in [0.29, 0.717) is 24.6 Å². The summed E-state index contributed by atoms with van der Waals surface area (Å²) in [6.07, 6.45) is 3.53. The highest BCUT2D eigenvalue weighted by Gasteiger charge is 2.29. The number of hydrogen-bond acceptors (Lipinski definition) is 5. The molecule has 0 radical (unpaired) electrons. The van der Waals surface area contributed by atoms with Crippen LogP contribution in [-0.4, -0.2) is 33.0 Å². The van der Waals surface area contributed by atoms with Gasteiger partial charge in [-0.15, -0.1) is 21.5 Å². The molecule has 2 aromatic heterocycles. The predicted octanol–water partition coefficient (Wildman–Crippen LogP) is 3.86. The Labute approximate surface area is 171 Å². The normalized spacial score (nSPS) is 13.6. The largest absolute Gasteiger partial charge is 0.355 e. The first-order valence-electron chi connectivity index (χ1n) is 9.30. The maximum Gasteiger partial charge on any atom is 0.230 e. The summed E-state index contributed by atoms with van der Waals surface area (Å²) in [5.74, 6) is 0.932. The Morgan fingerprint density at radius 3 is 2.86 bits per heavy atom. The lowest BCUT2D eigenvalue weighted by atomic mass is 10.1. The van der Waals surface area contributed by atoms with E-state index in [1.54, 1.807) is 29.5 Å². The lowest BCUT2D eigenvalue weighted by Crippen LogP contribution is -2.27. The minimum Gasteiger partial charge on any atom is -0.355 e. The summed E-state index contributed by atoms with van der Waals surface area (Å²) in [6, 6.07) is 11.2. The quantitative estimate of drug-likeness (QED) is 0.538. The molecule has 1 N–H and O–H groups in total. The molecule has 0 atom stereocenters. The van der Waals surface area contributed by atoms with Crippen LogP contribution in [-0.2, 0) is 17.6 Å². The van der Waals surface area contributed by atoms with Gasteiger partial charge in [-0.25, -0.2) is 4.39 Å². The molecular weight excluding hydrogens is 395 g/mol. The van der Waals surface area contributed by atoms with Crippen molar-refractivity contribution >= 4 is 29.0 Å². The van der Waals surface area contributed by atoms with Crippen molar-refractivity contribution < 1.29 is 9.18 Å². The van der Waals surface area contributed by atoms with Crippen LogP contribution in [0, 0.1) is 5.82 Å². The zero-order chi connectivity index (χ0) is 19.3. The maximum absolute atomic E-state index is 13.6. The molecular formula is C20H21FN4OS2. The number of thioether (sulfide) groups is 1. The van der Waals surface area contributed by atoms with Gasteiger partial charge in [-0.05, 0) is 42.3 Å². The summed E-state index contributed by atoms with van der Waals surface area (Å²) in [5, 5.41) is 14.4. The lowest BCUT2D eigenvalue weighted by Gasteiger charge is -2.09. The summed E-state index contributed by atoms with van der Waals surface area (Å²) in [6.45, 7) is 0.416. The van der Waals surface area contributed by atoms with Crippen molar-refractivity contribution in [2.75, 3.05) is 12.3 Å². The predicted molar refractivity (Wildman–Crippen MR) is 109 cm³/mol. The minimum absolute atomic E-state index is 0.0773. The van der Waals surface area contributed by atoms with E-state index in [0.717, 1.165) is 30.2 Å². The van der Waals surface area contributed by atoms with Gasteiger partial charge in [0.25, 0.3) is 0 Å². The molecule has 1 saturated carbocycles. The standard InChI is InChI=1S/C20H21FN4OS2/c21-17-6-2-1-4-14(17)9-10-22-19(26)13-28-20-24-23-18(25(20)15-7-8-15)12-16-5-3-11-27-16/h1-6,11,15H,7-10,12-13H2,(H,22,26).